The summed E-state index contributed by atoms with van der Waals surface area (Å²) in [6, 6.07) is 0.792. The molecule has 1 heteroatoms. The van der Waals surface area contributed by atoms with Gasteiger partial charge in [0, 0.05) is 6.04 Å². The Morgan fingerprint density at radius 3 is 2.31 bits per heavy atom. The van der Waals surface area contributed by atoms with E-state index in [2.05, 4.69) is 11.9 Å². The molecule has 0 aliphatic heterocycles. The highest BCUT2D eigenvalue weighted by molar-refractivity contribution is 4.73. The van der Waals surface area contributed by atoms with Gasteiger partial charge in [0.2, 0.25) is 0 Å². The minimum absolute atomic E-state index is 0.792. The van der Waals surface area contributed by atoms with Crippen molar-refractivity contribution in [3.05, 3.63) is 12.7 Å². The van der Waals surface area contributed by atoms with Crippen molar-refractivity contribution >= 4 is 0 Å². The zero-order chi connectivity index (χ0) is 9.36. The molecule has 0 atom stereocenters. The Balaban J connectivity index is 2.10. The number of hydrogen-bond donors (Lipinski definition) is 1. The fourth-order valence-corrected chi connectivity index (χ4v) is 2.05. The highest BCUT2D eigenvalue weighted by atomic mass is 14.9. The molecule has 13 heavy (non-hydrogen) atoms. The summed E-state index contributed by atoms with van der Waals surface area (Å²) in [6.45, 7) is 4.86. The molecule has 0 radical (unpaired) electrons. The average Bonchev–Trinajstić information content (AvgIpc) is 2.08. The van der Waals surface area contributed by atoms with Crippen LogP contribution in [-0.4, -0.2) is 12.6 Å². The largest absolute Gasteiger partial charge is 0.314 e. The standard InChI is InChI=1S/C12H23N/c1-2-3-11-13-12-9-7-5-4-6-8-10-12/h2,12-13H,1,3-11H2. The zero-order valence-electron chi connectivity index (χ0n) is 8.73. The van der Waals surface area contributed by atoms with Gasteiger partial charge in [-0.25, -0.2) is 0 Å². The topological polar surface area (TPSA) is 12.0 Å². The molecule has 0 spiro atoms. The Hall–Kier alpha value is -0.300. The average molecular weight is 181 g/mol. The van der Waals surface area contributed by atoms with E-state index < -0.39 is 0 Å². The van der Waals surface area contributed by atoms with Crippen molar-refractivity contribution in [3.63, 3.8) is 0 Å². The maximum Gasteiger partial charge on any atom is 0.00671 e. The molecule has 0 aromatic heterocycles. The Morgan fingerprint density at radius 2 is 1.69 bits per heavy atom. The lowest BCUT2D eigenvalue weighted by Crippen LogP contribution is -2.30. The first-order chi connectivity index (χ1) is 6.43. The van der Waals surface area contributed by atoms with Gasteiger partial charge in [-0.05, 0) is 25.8 Å². The molecule has 1 fully saturated rings. The van der Waals surface area contributed by atoms with Gasteiger partial charge in [-0.3, -0.25) is 0 Å². The van der Waals surface area contributed by atoms with E-state index in [1.54, 1.807) is 0 Å². The first-order valence-corrected chi connectivity index (χ1v) is 5.78. The molecular weight excluding hydrogens is 158 g/mol. The third-order valence-electron chi connectivity index (χ3n) is 2.89. The molecule has 0 bridgehead atoms. The minimum atomic E-state index is 0.792. The fraction of sp³-hybridized carbons (Fsp3) is 0.833. The lowest BCUT2D eigenvalue weighted by Gasteiger charge is -2.20. The molecule has 0 aromatic carbocycles. The van der Waals surface area contributed by atoms with Crippen LogP contribution >= 0.6 is 0 Å². The second kappa shape index (κ2) is 7.14. The summed E-state index contributed by atoms with van der Waals surface area (Å²) in [5, 5.41) is 3.62. The van der Waals surface area contributed by atoms with Crippen LogP contribution in [0.5, 0.6) is 0 Å². The van der Waals surface area contributed by atoms with Crippen LogP contribution in [0.25, 0.3) is 0 Å². The molecule has 0 amide bonds. The summed E-state index contributed by atoms with van der Waals surface area (Å²) in [4.78, 5) is 0. The SMILES string of the molecule is C=CCCNC1CCCCCCC1. The van der Waals surface area contributed by atoms with Crippen molar-refractivity contribution in [1.82, 2.24) is 5.32 Å². The second-order valence-electron chi connectivity index (χ2n) is 4.07. The van der Waals surface area contributed by atoms with Crippen molar-refractivity contribution in [2.24, 2.45) is 0 Å². The lowest BCUT2D eigenvalue weighted by molar-refractivity contribution is 0.393. The summed E-state index contributed by atoms with van der Waals surface area (Å²) in [7, 11) is 0. The third kappa shape index (κ3) is 5.09. The Bertz CT molecular complexity index is 123. The van der Waals surface area contributed by atoms with Crippen molar-refractivity contribution < 1.29 is 0 Å². The van der Waals surface area contributed by atoms with E-state index >= 15 is 0 Å². The third-order valence-corrected chi connectivity index (χ3v) is 2.89. The zero-order valence-corrected chi connectivity index (χ0v) is 8.73. The molecule has 76 valence electrons. The van der Waals surface area contributed by atoms with Crippen LogP contribution in [0.1, 0.15) is 51.4 Å². The maximum absolute atomic E-state index is 3.74. The van der Waals surface area contributed by atoms with Gasteiger partial charge in [-0.1, -0.05) is 38.2 Å². The van der Waals surface area contributed by atoms with E-state index in [1.807, 2.05) is 6.08 Å². The molecule has 0 saturated heterocycles. The van der Waals surface area contributed by atoms with Crippen LogP contribution in [0.15, 0.2) is 12.7 Å². The summed E-state index contributed by atoms with van der Waals surface area (Å²) in [6.07, 6.45) is 13.1. The van der Waals surface area contributed by atoms with Gasteiger partial charge in [0.15, 0.2) is 0 Å². The molecule has 1 aliphatic rings. The van der Waals surface area contributed by atoms with Gasteiger partial charge in [0.25, 0.3) is 0 Å². The number of nitrogens with one attached hydrogen (secondary N) is 1. The molecular formula is C12H23N. The quantitative estimate of drug-likeness (QED) is 0.518. The Kier molecular flexibility index (Phi) is 5.92. The van der Waals surface area contributed by atoms with Crippen molar-refractivity contribution in [2.75, 3.05) is 6.54 Å². The predicted octanol–water partition coefficient (Wildman–Crippen LogP) is 3.27. The van der Waals surface area contributed by atoms with Crippen LogP contribution in [0.4, 0.5) is 0 Å². The fourth-order valence-electron chi connectivity index (χ4n) is 2.05. The van der Waals surface area contributed by atoms with Crippen LogP contribution < -0.4 is 5.32 Å². The summed E-state index contributed by atoms with van der Waals surface area (Å²) in [5.41, 5.74) is 0. The van der Waals surface area contributed by atoms with Gasteiger partial charge in [0.05, 0.1) is 0 Å². The molecule has 1 aliphatic carbocycles. The Morgan fingerprint density at radius 1 is 1.08 bits per heavy atom. The van der Waals surface area contributed by atoms with Gasteiger partial charge >= 0.3 is 0 Å². The molecule has 0 aromatic rings. The molecule has 1 saturated carbocycles. The predicted molar refractivity (Wildman–Crippen MR) is 58.9 cm³/mol. The van der Waals surface area contributed by atoms with Gasteiger partial charge < -0.3 is 5.32 Å². The first-order valence-electron chi connectivity index (χ1n) is 5.78. The highest BCUT2D eigenvalue weighted by Gasteiger charge is 2.09. The van der Waals surface area contributed by atoms with E-state index in [0.717, 1.165) is 19.0 Å². The normalized spacial score (nSPS) is 20.6. The van der Waals surface area contributed by atoms with Crippen LogP contribution in [0, 0.1) is 0 Å². The first kappa shape index (κ1) is 10.8. The van der Waals surface area contributed by atoms with Crippen LogP contribution in [0.3, 0.4) is 0 Å². The molecule has 1 rings (SSSR count). The molecule has 1 N–H and O–H groups in total. The minimum Gasteiger partial charge on any atom is -0.314 e. The van der Waals surface area contributed by atoms with Crippen LogP contribution in [0.2, 0.25) is 0 Å². The van der Waals surface area contributed by atoms with E-state index in [0.29, 0.717) is 0 Å². The van der Waals surface area contributed by atoms with E-state index in [-0.39, 0.29) is 0 Å². The summed E-state index contributed by atoms with van der Waals surface area (Å²) in [5.74, 6) is 0. The van der Waals surface area contributed by atoms with Crippen molar-refractivity contribution in [1.29, 1.82) is 0 Å². The van der Waals surface area contributed by atoms with Gasteiger partial charge in [-0.2, -0.15) is 0 Å². The molecule has 1 nitrogen and oxygen atoms in total. The van der Waals surface area contributed by atoms with Crippen molar-refractivity contribution in [2.45, 2.75) is 57.4 Å². The van der Waals surface area contributed by atoms with Gasteiger partial charge in [-0.15, -0.1) is 6.58 Å². The molecule has 0 unspecified atom stereocenters. The lowest BCUT2D eigenvalue weighted by atomic mass is 9.97. The van der Waals surface area contributed by atoms with E-state index in [1.165, 1.54) is 44.9 Å². The van der Waals surface area contributed by atoms with Crippen LogP contribution in [-0.2, 0) is 0 Å². The van der Waals surface area contributed by atoms with E-state index in [9.17, 15) is 0 Å². The maximum atomic E-state index is 3.74. The summed E-state index contributed by atoms with van der Waals surface area (Å²) < 4.78 is 0. The van der Waals surface area contributed by atoms with E-state index in [4.69, 9.17) is 0 Å². The van der Waals surface area contributed by atoms with Crippen molar-refractivity contribution in [3.8, 4) is 0 Å². The summed E-state index contributed by atoms with van der Waals surface area (Å²) >= 11 is 0. The highest BCUT2D eigenvalue weighted by Crippen LogP contribution is 2.16. The second-order valence-corrected chi connectivity index (χ2v) is 4.07. The number of rotatable bonds is 4. The smallest absolute Gasteiger partial charge is 0.00671 e. The molecule has 0 heterocycles. The number of hydrogen-bond acceptors (Lipinski definition) is 1. The Labute approximate surface area is 82.6 Å². The monoisotopic (exact) mass is 181 g/mol. The van der Waals surface area contributed by atoms with Gasteiger partial charge in [0.1, 0.15) is 0 Å².